The van der Waals surface area contributed by atoms with Gasteiger partial charge in [-0.1, -0.05) is 175 Å². The van der Waals surface area contributed by atoms with Crippen LogP contribution < -0.4 is 4.89 Å². The van der Waals surface area contributed by atoms with Crippen molar-refractivity contribution in [2.75, 3.05) is 26.4 Å². The molecular weight excluding hydrogens is 709 g/mol. The monoisotopic (exact) mass is 788 g/mol. The molecule has 1 N–H and O–H groups in total. The molecular formula is C42H78NO10P. The van der Waals surface area contributed by atoms with Crippen molar-refractivity contribution in [1.82, 2.24) is 4.90 Å². The predicted molar refractivity (Wildman–Crippen MR) is 213 cm³/mol. The molecule has 54 heavy (non-hydrogen) atoms. The van der Waals surface area contributed by atoms with Crippen LogP contribution in [0.4, 0.5) is 0 Å². The molecule has 1 saturated heterocycles. The fourth-order valence-corrected chi connectivity index (χ4v) is 7.48. The van der Waals surface area contributed by atoms with Crippen LogP contribution in [-0.2, 0) is 37.7 Å². The molecule has 3 unspecified atom stereocenters. The Morgan fingerprint density at radius 2 is 1.07 bits per heavy atom. The number of ether oxygens (including phenoxy) is 2. The van der Waals surface area contributed by atoms with E-state index in [-0.39, 0.29) is 44.2 Å². The third-order valence-electron chi connectivity index (χ3n) is 10.2. The van der Waals surface area contributed by atoms with E-state index in [0.29, 0.717) is 12.8 Å². The summed E-state index contributed by atoms with van der Waals surface area (Å²) in [6.45, 7) is 4.72. The minimum Gasteiger partial charge on any atom is -0.606 e. The molecule has 0 saturated carbocycles. The van der Waals surface area contributed by atoms with Gasteiger partial charge in [0, 0.05) is 25.2 Å². The van der Waals surface area contributed by atoms with Crippen molar-refractivity contribution in [3.63, 3.8) is 0 Å². The second-order valence-electron chi connectivity index (χ2n) is 15.4. The highest BCUT2D eigenvalue weighted by Gasteiger charge is 2.37. The van der Waals surface area contributed by atoms with Crippen LogP contribution in [0.15, 0.2) is 0 Å². The van der Waals surface area contributed by atoms with Crippen molar-refractivity contribution < 1.29 is 47.5 Å². The highest BCUT2D eigenvalue weighted by atomic mass is 31.2. The van der Waals surface area contributed by atoms with Crippen molar-refractivity contribution >= 4 is 31.9 Å². The summed E-state index contributed by atoms with van der Waals surface area (Å²) >= 11 is 0. The number of nitrogens with zero attached hydrogens (tertiary/aromatic N) is 1. The maximum Gasteiger partial charge on any atom is 0.377 e. The maximum absolute atomic E-state index is 12.7. The fourth-order valence-electron chi connectivity index (χ4n) is 6.74. The SMILES string of the molecule is CCCCCCCCCCCCCCCC(=O)OCC(CO[P+]([O-])(O)OCCN1C(=O)CC(C)C1=O)OC(=O)CCCCCCCCCCCCCCC. The van der Waals surface area contributed by atoms with E-state index in [1.165, 1.54) is 116 Å². The van der Waals surface area contributed by atoms with E-state index in [4.69, 9.17) is 18.5 Å². The number of carbonyl (C=O) groups is 4. The minimum atomic E-state index is -4.62. The molecule has 0 spiro atoms. The highest BCUT2D eigenvalue weighted by Crippen LogP contribution is 2.47. The summed E-state index contributed by atoms with van der Waals surface area (Å²) in [7, 11) is -4.62. The topological polar surface area (TPSA) is 152 Å². The molecule has 1 fully saturated rings. The number of hydrogen-bond donors (Lipinski definition) is 1. The van der Waals surface area contributed by atoms with Gasteiger partial charge in [0.05, 0.1) is 6.54 Å². The number of phosphoric acid groups is 1. The van der Waals surface area contributed by atoms with Crippen LogP contribution >= 0.6 is 8.17 Å². The van der Waals surface area contributed by atoms with Crippen LogP contribution in [0, 0.1) is 5.92 Å². The first kappa shape index (κ1) is 50.4. The highest BCUT2D eigenvalue weighted by molar-refractivity contribution is 7.52. The van der Waals surface area contributed by atoms with Gasteiger partial charge in [0.1, 0.15) is 19.8 Å². The first-order valence-electron chi connectivity index (χ1n) is 21.9. The lowest BCUT2D eigenvalue weighted by atomic mass is 10.0. The molecule has 0 aliphatic carbocycles. The van der Waals surface area contributed by atoms with Crippen molar-refractivity contribution in [3.8, 4) is 0 Å². The van der Waals surface area contributed by atoms with Gasteiger partial charge < -0.3 is 14.4 Å². The molecule has 1 aliphatic rings. The van der Waals surface area contributed by atoms with Crippen molar-refractivity contribution in [2.45, 2.75) is 213 Å². The summed E-state index contributed by atoms with van der Waals surface area (Å²) in [5.41, 5.74) is 0. The standard InChI is InChI=1S/C42H78NO10P/c1-4-6-8-10-12-14-16-18-20-22-24-26-28-30-40(45)50-35-38(36-52-54(48,49)51-33-32-43-39(44)34-37(3)42(43)47)53-41(46)31-29-27-25-23-21-19-17-15-13-11-9-7-5-2/h37-38H,4-36H2,1-3H3,(H,48,49). The summed E-state index contributed by atoms with van der Waals surface area (Å²) in [5.74, 6) is -2.06. The Morgan fingerprint density at radius 1 is 0.667 bits per heavy atom. The normalized spacial score (nSPS) is 16.2. The van der Waals surface area contributed by atoms with Gasteiger partial charge in [-0.2, -0.15) is 13.9 Å². The van der Waals surface area contributed by atoms with Crippen LogP contribution in [0.1, 0.15) is 207 Å². The maximum atomic E-state index is 12.7. The van der Waals surface area contributed by atoms with E-state index >= 15 is 0 Å². The number of likely N-dealkylation sites (tertiary alicyclic amines) is 1. The molecule has 1 aliphatic heterocycles. The van der Waals surface area contributed by atoms with E-state index in [9.17, 15) is 29.0 Å². The molecule has 0 bridgehead atoms. The molecule has 2 amide bonds. The Morgan fingerprint density at radius 3 is 1.48 bits per heavy atom. The second kappa shape index (κ2) is 33.5. The Labute approximate surface area is 329 Å². The third kappa shape index (κ3) is 27.9. The van der Waals surface area contributed by atoms with E-state index in [2.05, 4.69) is 13.8 Å². The minimum absolute atomic E-state index is 0.0938. The van der Waals surface area contributed by atoms with Crippen LogP contribution in [-0.4, -0.2) is 66.0 Å². The first-order valence-corrected chi connectivity index (χ1v) is 23.4. The van der Waals surface area contributed by atoms with Crippen LogP contribution in [0.25, 0.3) is 0 Å². The van der Waals surface area contributed by atoms with E-state index in [0.717, 1.165) is 43.4 Å². The van der Waals surface area contributed by atoms with Crippen LogP contribution in [0.3, 0.4) is 0 Å². The van der Waals surface area contributed by atoms with Gasteiger partial charge in [-0.05, 0) is 12.8 Å². The number of hydrogen-bond acceptors (Lipinski definition) is 10. The molecule has 3 atom stereocenters. The molecule has 0 aromatic rings. The number of phosphoric ester groups is 1. The predicted octanol–water partition coefficient (Wildman–Crippen LogP) is 9.86. The molecule has 12 heteroatoms. The summed E-state index contributed by atoms with van der Waals surface area (Å²) in [5, 5.41) is 0. The number of rotatable bonds is 38. The van der Waals surface area contributed by atoms with Crippen LogP contribution in [0.2, 0.25) is 0 Å². The molecule has 1 heterocycles. The Bertz CT molecular complexity index is 981. The average Bonchev–Trinajstić information content (AvgIpc) is 3.38. The summed E-state index contributed by atoms with van der Waals surface area (Å²) in [6, 6.07) is 0. The Hall–Kier alpha value is -1.65. The molecule has 0 aromatic carbocycles. The van der Waals surface area contributed by atoms with Gasteiger partial charge in [-0.25, -0.2) is 0 Å². The molecule has 1 rings (SSSR count). The quantitative estimate of drug-likeness (QED) is 0.0277. The second-order valence-corrected chi connectivity index (χ2v) is 16.8. The molecule has 0 radical (unpaired) electrons. The average molecular weight is 788 g/mol. The zero-order valence-corrected chi connectivity index (χ0v) is 35.4. The van der Waals surface area contributed by atoms with Crippen molar-refractivity contribution in [3.05, 3.63) is 0 Å². The first-order chi connectivity index (χ1) is 26.1. The Kier molecular flexibility index (Phi) is 31.2. The number of carbonyl (C=O) groups excluding carboxylic acids is 4. The van der Waals surface area contributed by atoms with Gasteiger partial charge in [-0.3, -0.25) is 24.1 Å². The molecule has 0 aromatic heterocycles. The van der Waals surface area contributed by atoms with Gasteiger partial charge in [0.25, 0.3) is 0 Å². The zero-order valence-electron chi connectivity index (χ0n) is 34.5. The lowest BCUT2D eigenvalue weighted by molar-refractivity contribution is -0.246. The number of unbranched alkanes of at least 4 members (excludes halogenated alkanes) is 24. The van der Waals surface area contributed by atoms with Crippen LogP contribution in [0.5, 0.6) is 0 Å². The lowest BCUT2D eigenvalue weighted by Crippen LogP contribution is -2.34. The van der Waals surface area contributed by atoms with E-state index in [1.54, 1.807) is 6.92 Å². The smallest absolute Gasteiger partial charge is 0.377 e. The summed E-state index contributed by atoms with van der Waals surface area (Å²) in [4.78, 5) is 73.1. The number of imide groups is 1. The van der Waals surface area contributed by atoms with Gasteiger partial charge >= 0.3 is 20.1 Å². The van der Waals surface area contributed by atoms with Crippen molar-refractivity contribution in [2.24, 2.45) is 5.92 Å². The largest absolute Gasteiger partial charge is 0.606 e. The molecule has 11 nitrogen and oxygen atoms in total. The number of amides is 2. The third-order valence-corrected chi connectivity index (χ3v) is 11.1. The Balaban J connectivity index is 2.38. The zero-order chi connectivity index (χ0) is 39.7. The van der Waals surface area contributed by atoms with Gasteiger partial charge in [0.15, 0.2) is 6.10 Å². The van der Waals surface area contributed by atoms with Gasteiger partial charge in [-0.15, -0.1) is 0 Å². The van der Waals surface area contributed by atoms with Crippen molar-refractivity contribution in [1.29, 1.82) is 0 Å². The van der Waals surface area contributed by atoms with E-state index in [1.807, 2.05) is 0 Å². The lowest BCUT2D eigenvalue weighted by Gasteiger charge is -2.24. The summed E-state index contributed by atoms with van der Waals surface area (Å²) in [6.07, 6.45) is 30.5. The van der Waals surface area contributed by atoms with E-state index < -0.39 is 45.3 Å². The molecule has 316 valence electrons. The number of esters is 2. The fraction of sp³-hybridized carbons (Fsp3) is 0.905. The summed E-state index contributed by atoms with van der Waals surface area (Å²) < 4.78 is 21.0. The van der Waals surface area contributed by atoms with Gasteiger partial charge in [0.2, 0.25) is 11.8 Å².